The Balaban J connectivity index is 2.32. The molecule has 2 atom stereocenters. The van der Waals surface area contributed by atoms with Crippen LogP contribution in [-0.4, -0.2) is 11.4 Å². The molecule has 1 aromatic carbocycles. The van der Waals surface area contributed by atoms with Crippen LogP contribution in [0.5, 0.6) is 0 Å². The number of primary amides is 1. The van der Waals surface area contributed by atoms with Gasteiger partial charge in [0.25, 0.3) is 0 Å². The van der Waals surface area contributed by atoms with Gasteiger partial charge in [-0.25, -0.2) is 0 Å². The predicted molar refractivity (Wildman–Crippen MR) is 78.8 cm³/mol. The summed E-state index contributed by atoms with van der Waals surface area (Å²) >= 11 is 0. The second-order valence-corrected chi connectivity index (χ2v) is 5.92. The molecule has 0 saturated heterocycles. The Morgan fingerprint density at radius 1 is 1.32 bits per heavy atom. The van der Waals surface area contributed by atoms with Gasteiger partial charge >= 0.3 is 0 Å². The van der Waals surface area contributed by atoms with E-state index in [1.54, 1.807) is 0 Å². The van der Waals surface area contributed by atoms with Gasteiger partial charge in [-0.3, -0.25) is 4.79 Å². The minimum Gasteiger partial charge on any atom is -0.371 e. The molecular formula is C16H24N2O. The monoisotopic (exact) mass is 260 g/mol. The molecule has 1 amide bonds. The molecule has 1 aliphatic carbocycles. The fourth-order valence-electron chi connectivity index (χ4n) is 3.40. The van der Waals surface area contributed by atoms with E-state index in [2.05, 4.69) is 19.2 Å². The van der Waals surface area contributed by atoms with Crippen LogP contribution in [0.4, 0.5) is 5.69 Å². The summed E-state index contributed by atoms with van der Waals surface area (Å²) in [5.74, 6) is 0.540. The van der Waals surface area contributed by atoms with Crippen molar-refractivity contribution < 1.29 is 4.79 Å². The van der Waals surface area contributed by atoms with Gasteiger partial charge < -0.3 is 11.1 Å². The molecule has 0 aromatic heterocycles. The van der Waals surface area contributed by atoms with Crippen LogP contribution in [0.2, 0.25) is 0 Å². The average Bonchev–Trinajstić information content (AvgIpc) is 2.40. The van der Waals surface area contributed by atoms with Gasteiger partial charge in [0.2, 0.25) is 5.91 Å². The first-order valence-electron chi connectivity index (χ1n) is 7.19. The number of para-hydroxylation sites is 1. The molecule has 1 saturated carbocycles. The number of rotatable bonds is 4. The quantitative estimate of drug-likeness (QED) is 0.873. The first kappa shape index (κ1) is 13.9. The number of nitrogens with two attached hydrogens (primary N) is 1. The number of carbonyl (C=O) groups is 1. The number of hydrogen-bond acceptors (Lipinski definition) is 2. The lowest BCUT2D eigenvalue weighted by Gasteiger charge is -2.45. The molecule has 2 rings (SSSR count). The highest BCUT2D eigenvalue weighted by atomic mass is 16.1. The van der Waals surface area contributed by atoms with E-state index in [4.69, 9.17) is 5.73 Å². The molecule has 3 nitrogen and oxygen atoms in total. The lowest BCUT2D eigenvalue weighted by atomic mass is 9.67. The summed E-state index contributed by atoms with van der Waals surface area (Å²) in [7, 11) is 0. The number of amides is 1. The van der Waals surface area contributed by atoms with Crippen LogP contribution in [0.15, 0.2) is 30.3 Å². The van der Waals surface area contributed by atoms with E-state index in [1.165, 1.54) is 6.42 Å². The first-order valence-corrected chi connectivity index (χ1v) is 7.19. The number of hydrogen-bond donors (Lipinski definition) is 2. The van der Waals surface area contributed by atoms with E-state index in [1.807, 2.05) is 30.3 Å². The summed E-state index contributed by atoms with van der Waals surface area (Å²) in [6, 6.07) is 9.92. The summed E-state index contributed by atoms with van der Waals surface area (Å²) in [6.45, 7) is 4.36. The van der Waals surface area contributed by atoms with Crippen LogP contribution >= 0.6 is 0 Å². The third-order valence-electron chi connectivity index (χ3n) is 4.35. The molecule has 19 heavy (non-hydrogen) atoms. The Kier molecular flexibility index (Phi) is 4.13. The van der Waals surface area contributed by atoms with E-state index in [0.717, 1.165) is 24.9 Å². The van der Waals surface area contributed by atoms with Crippen LogP contribution in [-0.2, 0) is 4.79 Å². The summed E-state index contributed by atoms with van der Waals surface area (Å²) in [4.78, 5) is 12.2. The van der Waals surface area contributed by atoms with E-state index in [9.17, 15) is 4.79 Å². The molecule has 2 unspecified atom stereocenters. The Hall–Kier alpha value is -1.51. The smallest absolute Gasteiger partial charge is 0.243 e. The number of benzene rings is 1. The van der Waals surface area contributed by atoms with Gasteiger partial charge in [0.15, 0.2) is 0 Å². The number of carbonyl (C=O) groups excluding carboxylic acids is 1. The molecule has 3 heteroatoms. The third kappa shape index (κ3) is 2.75. The molecular weight excluding hydrogens is 236 g/mol. The van der Waals surface area contributed by atoms with Crippen molar-refractivity contribution in [2.75, 3.05) is 5.32 Å². The van der Waals surface area contributed by atoms with Crippen LogP contribution in [0.3, 0.4) is 0 Å². The van der Waals surface area contributed by atoms with Crippen LogP contribution < -0.4 is 11.1 Å². The van der Waals surface area contributed by atoms with Gasteiger partial charge in [-0.05, 0) is 36.8 Å². The Morgan fingerprint density at radius 2 is 2.00 bits per heavy atom. The Labute approximate surface area is 115 Å². The maximum Gasteiger partial charge on any atom is 0.243 e. The molecule has 0 heterocycles. The van der Waals surface area contributed by atoms with E-state index < -0.39 is 5.54 Å². The topological polar surface area (TPSA) is 55.1 Å². The molecule has 0 radical (unpaired) electrons. The third-order valence-corrected chi connectivity index (χ3v) is 4.35. The van der Waals surface area contributed by atoms with Crippen molar-refractivity contribution in [3.05, 3.63) is 30.3 Å². The summed E-state index contributed by atoms with van der Waals surface area (Å²) < 4.78 is 0. The van der Waals surface area contributed by atoms with Gasteiger partial charge in [-0.1, -0.05) is 44.9 Å². The lowest BCUT2D eigenvalue weighted by Crippen LogP contribution is -2.58. The van der Waals surface area contributed by atoms with Crippen molar-refractivity contribution in [3.63, 3.8) is 0 Å². The molecule has 1 aromatic rings. The summed E-state index contributed by atoms with van der Waals surface area (Å²) in [5.41, 5.74) is 6.17. The van der Waals surface area contributed by atoms with Gasteiger partial charge in [-0.15, -0.1) is 0 Å². The SMILES string of the molecule is CC(C)C1CCCCC1(Nc1ccccc1)C(N)=O. The predicted octanol–water partition coefficient (Wildman–Crippen LogP) is 3.17. The highest BCUT2D eigenvalue weighted by molar-refractivity contribution is 5.88. The largest absolute Gasteiger partial charge is 0.371 e. The van der Waals surface area contributed by atoms with Gasteiger partial charge in [0.05, 0.1) is 0 Å². The molecule has 1 fully saturated rings. The standard InChI is InChI=1S/C16H24N2O/c1-12(2)14-10-6-7-11-16(14,15(17)19)18-13-8-4-3-5-9-13/h3-5,8-9,12,14,18H,6-7,10-11H2,1-2H3,(H2,17,19). The normalized spacial score (nSPS) is 27.2. The van der Waals surface area contributed by atoms with Crippen LogP contribution in [0.25, 0.3) is 0 Å². The molecule has 0 spiro atoms. The van der Waals surface area contributed by atoms with Crippen molar-refractivity contribution in [2.45, 2.75) is 45.1 Å². The molecule has 0 bridgehead atoms. The molecule has 0 aliphatic heterocycles. The number of nitrogens with one attached hydrogen (secondary N) is 1. The van der Waals surface area contributed by atoms with E-state index in [0.29, 0.717) is 11.8 Å². The van der Waals surface area contributed by atoms with Crippen molar-refractivity contribution >= 4 is 11.6 Å². The highest BCUT2D eigenvalue weighted by Gasteiger charge is 2.46. The minimum absolute atomic E-state index is 0.213. The zero-order chi connectivity index (χ0) is 13.9. The summed E-state index contributed by atoms with van der Waals surface area (Å²) in [5, 5.41) is 3.45. The van der Waals surface area contributed by atoms with Gasteiger partial charge in [0.1, 0.15) is 5.54 Å². The fraction of sp³-hybridized carbons (Fsp3) is 0.562. The van der Waals surface area contributed by atoms with Crippen molar-refractivity contribution in [1.82, 2.24) is 0 Å². The van der Waals surface area contributed by atoms with Crippen LogP contribution in [0.1, 0.15) is 39.5 Å². The second kappa shape index (κ2) is 5.64. The zero-order valence-corrected chi connectivity index (χ0v) is 11.9. The van der Waals surface area contributed by atoms with Gasteiger partial charge in [0, 0.05) is 5.69 Å². The highest BCUT2D eigenvalue weighted by Crippen LogP contribution is 2.40. The summed E-state index contributed by atoms with van der Waals surface area (Å²) in [6.07, 6.45) is 4.15. The maximum atomic E-state index is 12.2. The average molecular weight is 260 g/mol. The Bertz CT molecular complexity index is 430. The number of anilines is 1. The fourth-order valence-corrected chi connectivity index (χ4v) is 3.40. The van der Waals surface area contributed by atoms with Crippen molar-refractivity contribution in [1.29, 1.82) is 0 Å². The molecule has 104 valence electrons. The molecule has 1 aliphatic rings. The van der Waals surface area contributed by atoms with E-state index >= 15 is 0 Å². The first-order chi connectivity index (χ1) is 9.06. The maximum absolute atomic E-state index is 12.2. The second-order valence-electron chi connectivity index (χ2n) is 5.92. The van der Waals surface area contributed by atoms with Crippen molar-refractivity contribution in [2.24, 2.45) is 17.6 Å². The van der Waals surface area contributed by atoms with Gasteiger partial charge in [-0.2, -0.15) is 0 Å². The minimum atomic E-state index is -0.590. The van der Waals surface area contributed by atoms with Crippen molar-refractivity contribution in [3.8, 4) is 0 Å². The molecule has 3 N–H and O–H groups in total. The lowest BCUT2D eigenvalue weighted by molar-refractivity contribution is -0.126. The van der Waals surface area contributed by atoms with E-state index in [-0.39, 0.29) is 5.91 Å². The van der Waals surface area contributed by atoms with Crippen LogP contribution in [0, 0.1) is 11.8 Å². The zero-order valence-electron chi connectivity index (χ0n) is 11.9. The Morgan fingerprint density at radius 3 is 2.58 bits per heavy atom.